The summed E-state index contributed by atoms with van der Waals surface area (Å²) < 4.78 is 18.7. The maximum Gasteiger partial charge on any atom is 0.273 e. The molecule has 0 saturated heterocycles. The Morgan fingerprint density at radius 1 is 1.30 bits per heavy atom. The van der Waals surface area contributed by atoms with Gasteiger partial charge in [-0.05, 0) is 18.2 Å². The second-order valence-corrected chi connectivity index (χ2v) is 4.04. The monoisotopic (exact) mass is 277 g/mol. The van der Waals surface area contributed by atoms with Crippen LogP contribution in [-0.4, -0.2) is 12.0 Å². The third kappa shape index (κ3) is 2.94. The van der Waals surface area contributed by atoms with Crippen LogP contribution in [-0.2, 0) is 0 Å². The molecule has 0 radical (unpaired) electrons. The lowest BCUT2D eigenvalue weighted by atomic mass is 10.2. The third-order valence-corrected chi connectivity index (χ3v) is 2.60. The lowest BCUT2D eigenvalue weighted by Gasteiger charge is -2.10. The summed E-state index contributed by atoms with van der Waals surface area (Å²) in [5.41, 5.74) is 6.09. The molecule has 0 aliphatic rings. The summed E-state index contributed by atoms with van der Waals surface area (Å²) in [4.78, 5) is 10.2. The van der Waals surface area contributed by atoms with Crippen molar-refractivity contribution in [3.05, 3.63) is 52.3 Å². The Bertz CT molecular complexity index is 661. The van der Waals surface area contributed by atoms with E-state index in [1.807, 2.05) is 0 Å². The van der Waals surface area contributed by atoms with Crippen LogP contribution in [0.4, 0.5) is 27.1 Å². The summed E-state index contributed by atoms with van der Waals surface area (Å²) in [6, 6.07) is 8.14. The van der Waals surface area contributed by atoms with Crippen molar-refractivity contribution in [2.45, 2.75) is 0 Å². The average Bonchev–Trinajstić information content (AvgIpc) is 2.40. The summed E-state index contributed by atoms with van der Waals surface area (Å²) >= 11 is 0. The van der Waals surface area contributed by atoms with Crippen LogP contribution in [0.15, 0.2) is 36.4 Å². The summed E-state index contributed by atoms with van der Waals surface area (Å²) in [5, 5.41) is 13.5. The number of ether oxygens (including phenoxy) is 1. The molecule has 0 fully saturated rings. The van der Waals surface area contributed by atoms with Crippen LogP contribution in [0, 0.1) is 15.9 Å². The second kappa shape index (κ2) is 5.43. The number of nitro groups is 1. The van der Waals surface area contributed by atoms with E-state index in [9.17, 15) is 14.5 Å². The van der Waals surface area contributed by atoms with Crippen molar-refractivity contribution in [1.82, 2.24) is 0 Å². The van der Waals surface area contributed by atoms with Gasteiger partial charge in [0, 0.05) is 29.6 Å². The minimum atomic E-state index is -0.566. The summed E-state index contributed by atoms with van der Waals surface area (Å²) in [5.74, 6) is -0.0387. The molecule has 0 aliphatic carbocycles. The van der Waals surface area contributed by atoms with Gasteiger partial charge in [-0.3, -0.25) is 10.1 Å². The van der Waals surface area contributed by atoms with Gasteiger partial charge in [0.05, 0.1) is 17.7 Å². The number of rotatable bonds is 4. The van der Waals surface area contributed by atoms with E-state index in [-0.39, 0.29) is 17.1 Å². The highest BCUT2D eigenvalue weighted by molar-refractivity contribution is 5.68. The first-order chi connectivity index (χ1) is 9.49. The average molecular weight is 277 g/mol. The molecule has 2 aromatic carbocycles. The molecule has 0 saturated carbocycles. The first-order valence-electron chi connectivity index (χ1n) is 5.65. The smallest absolute Gasteiger partial charge is 0.273 e. The van der Waals surface area contributed by atoms with Gasteiger partial charge in [0.25, 0.3) is 5.69 Å². The molecule has 3 N–H and O–H groups in total. The van der Waals surface area contributed by atoms with Crippen LogP contribution in [0.5, 0.6) is 5.75 Å². The van der Waals surface area contributed by atoms with E-state index in [1.165, 1.54) is 43.5 Å². The van der Waals surface area contributed by atoms with Gasteiger partial charge in [-0.15, -0.1) is 0 Å². The predicted molar refractivity (Wildman–Crippen MR) is 73.7 cm³/mol. The molecule has 0 amide bonds. The predicted octanol–water partition coefficient (Wildman–Crippen LogP) is 3.07. The Kier molecular flexibility index (Phi) is 3.69. The zero-order chi connectivity index (χ0) is 14.7. The highest BCUT2D eigenvalue weighted by Gasteiger charge is 2.10. The van der Waals surface area contributed by atoms with E-state index in [0.29, 0.717) is 11.4 Å². The van der Waals surface area contributed by atoms with E-state index < -0.39 is 10.7 Å². The van der Waals surface area contributed by atoms with Crippen molar-refractivity contribution < 1.29 is 14.1 Å². The molecule has 0 bridgehead atoms. The topological polar surface area (TPSA) is 90.4 Å². The lowest BCUT2D eigenvalue weighted by molar-refractivity contribution is -0.384. The Morgan fingerprint density at radius 2 is 2.05 bits per heavy atom. The number of anilines is 3. The molecule has 0 unspecified atom stereocenters. The minimum Gasteiger partial charge on any atom is -0.497 e. The molecule has 7 heteroatoms. The van der Waals surface area contributed by atoms with Gasteiger partial charge < -0.3 is 15.8 Å². The highest BCUT2D eigenvalue weighted by Crippen LogP contribution is 2.28. The first-order valence-corrected chi connectivity index (χ1v) is 5.65. The molecule has 0 heterocycles. The van der Waals surface area contributed by atoms with Crippen LogP contribution in [0.1, 0.15) is 0 Å². The third-order valence-electron chi connectivity index (χ3n) is 2.60. The van der Waals surface area contributed by atoms with E-state index in [0.717, 1.165) is 0 Å². The quantitative estimate of drug-likeness (QED) is 0.509. The van der Waals surface area contributed by atoms with Crippen LogP contribution in [0.25, 0.3) is 0 Å². The fourth-order valence-electron chi connectivity index (χ4n) is 1.69. The van der Waals surface area contributed by atoms with E-state index >= 15 is 0 Å². The number of nitrogens with one attached hydrogen (secondary N) is 1. The van der Waals surface area contributed by atoms with Crippen molar-refractivity contribution in [2.24, 2.45) is 0 Å². The number of methoxy groups -OCH3 is 1. The summed E-state index contributed by atoms with van der Waals surface area (Å²) in [6.07, 6.45) is 0. The molecule has 6 nitrogen and oxygen atoms in total. The number of nitrogens with zero attached hydrogens (tertiary/aromatic N) is 1. The maximum atomic E-state index is 13.7. The zero-order valence-corrected chi connectivity index (χ0v) is 10.6. The number of non-ortho nitro benzene ring substituents is 1. The van der Waals surface area contributed by atoms with E-state index in [4.69, 9.17) is 10.5 Å². The van der Waals surface area contributed by atoms with Crippen LogP contribution < -0.4 is 15.8 Å². The Morgan fingerprint density at radius 3 is 2.70 bits per heavy atom. The van der Waals surface area contributed by atoms with Crippen molar-refractivity contribution in [3.63, 3.8) is 0 Å². The maximum absolute atomic E-state index is 13.7. The van der Waals surface area contributed by atoms with Crippen LogP contribution in [0.2, 0.25) is 0 Å². The second-order valence-electron chi connectivity index (χ2n) is 4.04. The van der Waals surface area contributed by atoms with Gasteiger partial charge in [0.1, 0.15) is 11.6 Å². The lowest BCUT2D eigenvalue weighted by Crippen LogP contribution is -1.98. The molecule has 2 rings (SSSR count). The largest absolute Gasteiger partial charge is 0.497 e. The van der Waals surface area contributed by atoms with Crippen molar-refractivity contribution in [3.8, 4) is 5.75 Å². The fourth-order valence-corrected chi connectivity index (χ4v) is 1.69. The Labute approximate surface area is 114 Å². The van der Waals surface area contributed by atoms with Gasteiger partial charge in [-0.25, -0.2) is 4.39 Å². The van der Waals surface area contributed by atoms with Crippen molar-refractivity contribution in [1.29, 1.82) is 0 Å². The Hall–Kier alpha value is -2.83. The van der Waals surface area contributed by atoms with Gasteiger partial charge in [-0.1, -0.05) is 0 Å². The number of halogens is 1. The van der Waals surface area contributed by atoms with Crippen LogP contribution >= 0.6 is 0 Å². The van der Waals surface area contributed by atoms with Crippen molar-refractivity contribution in [2.75, 3.05) is 18.2 Å². The van der Waals surface area contributed by atoms with E-state index in [1.54, 1.807) is 0 Å². The highest BCUT2D eigenvalue weighted by atomic mass is 19.1. The number of nitrogen functional groups attached to an aromatic ring is 1. The minimum absolute atomic E-state index is 0.143. The van der Waals surface area contributed by atoms with Gasteiger partial charge in [0.15, 0.2) is 0 Å². The Balaban J connectivity index is 2.36. The molecular formula is C13H12FN3O3. The number of benzene rings is 2. The van der Waals surface area contributed by atoms with Crippen molar-refractivity contribution >= 4 is 22.7 Å². The van der Waals surface area contributed by atoms with Gasteiger partial charge in [-0.2, -0.15) is 0 Å². The molecule has 2 aromatic rings. The normalized spacial score (nSPS) is 10.1. The standard InChI is InChI=1S/C13H12FN3O3/c1-20-11-2-3-12(14)13(7-11)16-9-4-8(15)5-10(6-9)17(18)19/h2-7,16H,15H2,1H3. The molecule has 0 aromatic heterocycles. The van der Waals surface area contributed by atoms with Crippen LogP contribution in [0.3, 0.4) is 0 Å². The molecular weight excluding hydrogens is 265 g/mol. The molecule has 104 valence electrons. The summed E-state index contributed by atoms with van der Waals surface area (Å²) in [6.45, 7) is 0. The number of hydrogen-bond acceptors (Lipinski definition) is 5. The SMILES string of the molecule is COc1ccc(F)c(Nc2cc(N)cc([N+](=O)[O-])c2)c1. The molecule has 0 atom stereocenters. The molecule has 0 aliphatic heterocycles. The van der Waals surface area contributed by atoms with E-state index in [2.05, 4.69) is 5.32 Å². The molecule has 0 spiro atoms. The zero-order valence-electron chi connectivity index (χ0n) is 10.6. The number of nitrogens with two attached hydrogens (primary N) is 1. The van der Waals surface area contributed by atoms with Gasteiger partial charge >= 0.3 is 0 Å². The number of hydrogen-bond donors (Lipinski definition) is 2. The first kappa shape index (κ1) is 13.6. The fraction of sp³-hybridized carbons (Fsp3) is 0.0769. The summed E-state index contributed by atoms with van der Waals surface area (Å²) in [7, 11) is 1.46. The number of nitro benzene ring substituents is 1. The molecule has 20 heavy (non-hydrogen) atoms. The van der Waals surface area contributed by atoms with Gasteiger partial charge in [0.2, 0.25) is 0 Å².